The number of aliphatic carboxylic acids is 1. The van der Waals surface area contributed by atoms with E-state index in [1.165, 1.54) is 0 Å². The predicted molar refractivity (Wildman–Crippen MR) is 72.2 cm³/mol. The number of benzene rings is 1. The number of hydrogen-bond acceptors (Lipinski definition) is 3. The molecule has 0 heterocycles. The van der Waals surface area contributed by atoms with E-state index in [1.54, 1.807) is 0 Å². The lowest BCUT2D eigenvalue weighted by Gasteiger charge is -2.27. The standard InChI is InChI=1S/C15H15F2NO4/c16-11-6-2-5-10(12(11)17)14(20)18-13(15(21)22)8-3-1-4-9(19)7-8/h2,5-6,8,13H,1,3-4,7H2,(H,18,20)(H,21,22)/t8-,13+/m0/s1. The van der Waals surface area contributed by atoms with Gasteiger partial charge in [-0.1, -0.05) is 6.07 Å². The lowest BCUT2D eigenvalue weighted by molar-refractivity contribution is -0.141. The van der Waals surface area contributed by atoms with Gasteiger partial charge >= 0.3 is 5.97 Å². The summed E-state index contributed by atoms with van der Waals surface area (Å²) in [6, 6.07) is 1.78. The molecule has 2 rings (SSSR count). The fourth-order valence-corrected chi connectivity index (χ4v) is 2.62. The van der Waals surface area contributed by atoms with Gasteiger partial charge < -0.3 is 10.4 Å². The topological polar surface area (TPSA) is 83.5 Å². The fraction of sp³-hybridized carbons (Fsp3) is 0.400. The minimum Gasteiger partial charge on any atom is -0.480 e. The largest absolute Gasteiger partial charge is 0.480 e. The first-order chi connectivity index (χ1) is 10.4. The normalized spacial score (nSPS) is 19.5. The first-order valence-corrected chi connectivity index (χ1v) is 6.89. The number of carboxylic acid groups (broad SMARTS) is 1. The molecule has 2 atom stereocenters. The molecule has 22 heavy (non-hydrogen) atoms. The summed E-state index contributed by atoms with van der Waals surface area (Å²) in [5.74, 6) is -5.43. The molecular formula is C15H15F2NO4. The van der Waals surface area contributed by atoms with Crippen LogP contribution in [-0.2, 0) is 9.59 Å². The van der Waals surface area contributed by atoms with Crippen LogP contribution in [0.5, 0.6) is 0 Å². The molecular weight excluding hydrogens is 296 g/mol. The molecule has 0 radical (unpaired) electrons. The number of ketones is 1. The minimum atomic E-state index is -1.33. The number of hydrogen-bond donors (Lipinski definition) is 2. The number of carbonyl (C=O) groups is 3. The van der Waals surface area contributed by atoms with Crippen molar-refractivity contribution in [2.24, 2.45) is 5.92 Å². The van der Waals surface area contributed by atoms with Gasteiger partial charge in [0.1, 0.15) is 11.8 Å². The van der Waals surface area contributed by atoms with Gasteiger partial charge in [0.05, 0.1) is 5.56 Å². The number of carboxylic acids is 1. The van der Waals surface area contributed by atoms with E-state index in [-0.39, 0.29) is 12.2 Å². The molecule has 0 bridgehead atoms. The van der Waals surface area contributed by atoms with Gasteiger partial charge in [-0.2, -0.15) is 0 Å². The molecule has 1 fully saturated rings. The second-order valence-electron chi connectivity index (χ2n) is 5.29. The van der Waals surface area contributed by atoms with Crippen molar-refractivity contribution in [1.29, 1.82) is 0 Å². The summed E-state index contributed by atoms with van der Waals surface area (Å²) in [4.78, 5) is 34.8. The van der Waals surface area contributed by atoms with Gasteiger partial charge in [0.15, 0.2) is 11.6 Å². The molecule has 1 saturated carbocycles. The first kappa shape index (κ1) is 16.1. The SMILES string of the molecule is O=C1CCC[C@H]([C@@H](NC(=O)c2cccc(F)c2F)C(=O)O)C1. The molecule has 1 aliphatic carbocycles. The van der Waals surface area contributed by atoms with Crippen molar-refractivity contribution in [3.8, 4) is 0 Å². The Labute approximate surface area is 125 Å². The number of halogens is 2. The van der Waals surface area contributed by atoms with Crippen LogP contribution in [0.2, 0.25) is 0 Å². The molecule has 5 nitrogen and oxygen atoms in total. The van der Waals surface area contributed by atoms with E-state index >= 15 is 0 Å². The fourth-order valence-electron chi connectivity index (χ4n) is 2.62. The maximum Gasteiger partial charge on any atom is 0.326 e. The third kappa shape index (κ3) is 3.47. The predicted octanol–water partition coefficient (Wildman–Crippen LogP) is 1.91. The number of nitrogens with one attached hydrogen (secondary N) is 1. The molecule has 0 aliphatic heterocycles. The molecule has 1 amide bonds. The zero-order valence-electron chi connectivity index (χ0n) is 11.6. The van der Waals surface area contributed by atoms with Crippen molar-refractivity contribution in [2.45, 2.75) is 31.7 Å². The molecule has 1 aromatic carbocycles. The zero-order chi connectivity index (χ0) is 16.3. The second kappa shape index (κ2) is 6.64. The number of Topliss-reactive ketones (excluding diaryl/α,β-unsaturated/α-hetero) is 1. The third-order valence-corrected chi connectivity index (χ3v) is 3.74. The number of rotatable bonds is 4. The van der Waals surface area contributed by atoms with E-state index < -0.39 is 41.0 Å². The van der Waals surface area contributed by atoms with Crippen molar-refractivity contribution < 1.29 is 28.3 Å². The summed E-state index contributed by atoms with van der Waals surface area (Å²) in [5.41, 5.74) is -0.562. The highest BCUT2D eigenvalue weighted by atomic mass is 19.2. The molecule has 7 heteroatoms. The highest BCUT2D eigenvalue weighted by molar-refractivity contribution is 5.97. The summed E-state index contributed by atoms with van der Waals surface area (Å²) in [6.45, 7) is 0. The molecule has 0 saturated heterocycles. The summed E-state index contributed by atoms with van der Waals surface area (Å²) in [5, 5.41) is 11.4. The van der Waals surface area contributed by atoms with Crippen molar-refractivity contribution in [2.75, 3.05) is 0 Å². The summed E-state index contributed by atoms with van der Waals surface area (Å²) >= 11 is 0. The van der Waals surface area contributed by atoms with Crippen LogP contribution in [-0.4, -0.2) is 28.8 Å². The van der Waals surface area contributed by atoms with Crippen LogP contribution in [0.15, 0.2) is 18.2 Å². The average Bonchev–Trinajstić information content (AvgIpc) is 2.47. The van der Waals surface area contributed by atoms with Crippen LogP contribution in [0.1, 0.15) is 36.0 Å². The molecule has 2 N–H and O–H groups in total. The number of amides is 1. The number of carbonyl (C=O) groups excluding carboxylic acids is 2. The van der Waals surface area contributed by atoms with Crippen LogP contribution in [0.4, 0.5) is 8.78 Å². The van der Waals surface area contributed by atoms with Crippen LogP contribution in [0.3, 0.4) is 0 Å². The Morgan fingerprint density at radius 1 is 1.32 bits per heavy atom. The summed E-state index contributed by atoms with van der Waals surface area (Å²) in [6.07, 6.45) is 1.49. The monoisotopic (exact) mass is 311 g/mol. The average molecular weight is 311 g/mol. The minimum absolute atomic E-state index is 0.0584. The Morgan fingerprint density at radius 3 is 2.68 bits per heavy atom. The van der Waals surface area contributed by atoms with Crippen molar-refractivity contribution in [3.05, 3.63) is 35.4 Å². The third-order valence-electron chi connectivity index (χ3n) is 3.74. The smallest absolute Gasteiger partial charge is 0.326 e. The molecule has 1 aromatic rings. The van der Waals surface area contributed by atoms with Gasteiger partial charge in [0.2, 0.25) is 0 Å². The van der Waals surface area contributed by atoms with Crippen LogP contribution < -0.4 is 5.32 Å². The van der Waals surface area contributed by atoms with E-state index in [0.29, 0.717) is 19.3 Å². The van der Waals surface area contributed by atoms with Gasteiger partial charge in [-0.3, -0.25) is 9.59 Å². The summed E-state index contributed by atoms with van der Waals surface area (Å²) < 4.78 is 26.7. The lowest BCUT2D eigenvalue weighted by atomic mass is 9.83. The zero-order valence-corrected chi connectivity index (χ0v) is 11.6. The van der Waals surface area contributed by atoms with Crippen LogP contribution >= 0.6 is 0 Å². The molecule has 0 unspecified atom stereocenters. The molecule has 118 valence electrons. The van der Waals surface area contributed by atoms with E-state index in [4.69, 9.17) is 0 Å². The Bertz CT molecular complexity index is 618. The molecule has 0 aromatic heterocycles. The van der Waals surface area contributed by atoms with Crippen molar-refractivity contribution in [1.82, 2.24) is 5.32 Å². The van der Waals surface area contributed by atoms with Gasteiger partial charge in [-0.25, -0.2) is 13.6 Å². The van der Waals surface area contributed by atoms with Crippen molar-refractivity contribution >= 4 is 17.7 Å². The van der Waals surface area contributed by atoms with Crippen LogP contribution in [0.25, 0.3) is 0 Å². The summed E-state index contributed by atoms with van der Waals surface area (Å²) in [7, 11) is 0. The Morgan fingerprint density at radius 2 is 2.05 bits per heavy atom. The van der Waals surface area contributed by atoms with Crippen LogP contribution in [0, 0.1) is 17.6 Å². The van der Waals surface area contributed by atoms with E-state index in [1.807, 2.05) is 0 Å². The van der Waals surface area contributed by atoms with Gasteiger partial charge in [-0.15, -0.1) is 0 Å². The van der Waals surface area contributed by atoms with E-state index in [0.717, 1.165) is 18.2 Å². The Hall–Kier alpha value is -2.31. The quantitative estimate of drug-likeness (QED) is 0.889. The maximum absolute atomic E-state index is 13.6. The molecule has 0 spiro atoms. The van der Waals surface area contributed by atoms with Gasteiger partial charge in [-0.05, 0) is 30.9 Å². The van der Waals surface area contributed by atoms with E-state index in [2.05, 4.69) is 5.32 Å². The van der Waals surface area contributed by atoms with Gasteiger partial charge in [0, 0.05) is 12.8 Å². The first-order valence-electron chi connectivity index (χ1n) is 6.89. The Kier molecular flexibility index (Phi) is 4.85. The Balaban J connectivity index is 2.17. The highest BCUT2D eigenvalue weighted by Gasteiger charge is 2.34. The highest BCUT2D eigenvalue weighted by Crippen LogP contribution is 2.25. The van der Waals surface area contributed by atoms with Gasteiger partial charge in [0.25, 0.3) is 5.91 Å². The second-order valence-corrected chi connectivity index (χ2v) is 5.29. The van der Waals surface area contributed by atoms with E-state index in [9.17, 15) is 28.3 Å². The molecule has 1 aliphatic rings. The van der Waals surface area contributed by atoms with Crippen molar-refractivity contribution in [3.63, 3.8) is 0 Å². The lowest BCUT2D eigenvalue weighted by Crippen LogP contribution is -2.47. The maximum atomic E-state index is 13.6.